The molecule has 12 heteroatoms. The number of aryl methyl sites for hydroxylation is 1. The summed E-state index contributed by atoms with van der Waals surface area (Å²) in [6.45, 7) is 3.43. The Balaban J connectivity index is 1.41. The van der Waals surface area contributed by atoms with Gasteiger partial charge in [-0.2, -0.15) is 4.31 Å². The van der Waals surface area contributed by atoms with Crippen LogP contribution >= 0.6 is 0 Å². The number of amides is 2. The van der Waals surface area contributed by atoms with Gasteiger partial charge in [0.2, 0.25) is 15.9 Å². The van der Waals surface area contributed by atoms with E-state index >= 15 is 0 Å². The Hall–Kier alpha value is -4.26. The predicted octanol–water partition coefficient (Wildman–Crippen LogP) is 4.04. The largest absolute Gasteiger partial charge is 0.488 e. The number of likely N-dealkylation sites (N-methyl/N-ethyl adjacent to an activating group) is 1. The molecule has 0 bridgehead atoms. The zero-order chi connectivity index (χ0) is 32.5. The van der Waals surface area contributed by atoms with Gasteiger partial charge in [-0.15, -0.1) is 0 Å². The third kappa shape index (κ3) is 6.73. The summed E-state index contributed by atoms with van der Waals surface area (Å²) in [7, 11) is -0.620. The number of hydrogen-bond donors (Lipinski definition) is 2. The van der Waals surface area contributed by atoms with Crippen molar-refractivity contribution in [3.8, 4) is 5.75 Å². The molecule has 45 heavy (non-hydrogen) atoms. The van der Waals surface area contributed by atoms with E-state index in [0.717, 1.165) is 32.9 Å². The maximum absolute atomic E-state index is 13.8. The van der Waals surface area contributed by atoms with Gasteiger partial charge >= 0.3 is 0 Å². The molecule has 0 saturated carbocycles. The third-order valence-corrected chi connectivity index (χ3v) is 10.1. The minimum atomic E-state index is -3.96. The van der Waals surface area contributed by atoms with Crippen LogP contribution < -0.4 is 10.1 Å². The summed E-state index contributed by atoms with van der Waals surface area (Å²) in [4.78, 5) is 28.4. The second kappa shape index (κ2) is 13.0. The van der Waals surface area contributed by atoms with Gasteiger partial charge in [0.25, 0.3) is 5.91 Å². The minimum absolute atomic E-state index is 0.0557. The quantitative estimate of drug-likeness (QED) is 0.286. The first kappa shape index (κ1) is 32.1. The monoisotopic (exact) mass is 636 g/mol. The highest BCUT2D eigenvalue weighted by atomic mass is 32.2. The Morgan fingerprint density at radius 1 is 1.16 bits per heavy atom. The molecule has 0 spiro atoms. The highest BCUT2D eigenvalue weighted by molar-refractivity contribution is 7.89. The van der Waals surface area contributed by atoms with Crippen molar-refractivity contribution in [1.82, 2.24) is 13.8 Å². The lowest BCUT2D eigenvalue weighted by Crippen LogP contribution is -2.50. The molecule has 0 unspecified atom stereocenters. The highest BCUT2D eigenvalue weighted by Gasteiger charge is 2.35. The number of fused-ring (bicyclic) bond motifs is 2. The van der Waals surface area contributed by atoms with Gasteiger partial charge in [0.15, 0.2) is 0 Å². The van der Waals surface area contributed by atoms with E-state index in [0.29, 0.717) is 5.69 Å². The van der Waals surface area contributed by atoms with E-state index < -0.39 is 28.0 Å². The first-order valence-corrected chi connectivity index (χ1v) is 16.1. The Morgan fingerprint density at radius 2 is 1.87 bits per heavy atom. The predicted molar refractivity (Wildman–Crippen MR) is 169 cm³/mol. The zero-order valence-electron chi connectivity index (χ0n) is 25.6. The number of hydrogen-bond acceptors (Lipinski definition) is 6. The van der Waals surface area contributed by atoms with E-state index in [-0.39, 0.29) is 60.1 Å². The number of rotatable bonds is 9. The number of nitrogens with one attached hydrogen (secondary N) is 1. The van der Waals surface area contributed by atoms with Gasteiger partial charge in [-0.25, -0.2) is 12.8 Å². The van der Waals surface area contributed by atoms with E-state index in [9.17, 15) is 27.5 Å². The van der Waals surface area contributed by atoms with Crippen LogP contribution in [0, 0.1) is 11.7 Å². The summed E-state index contributed by atoms with van der Waals surface area (Å²) in [5.41, 5.74) is 2.46. The number of sulfonamides is 1. The van der Waals surface area contributed by atoms with E-state index in [1.54, 1.807) is 25.1 Å². The molecule has 0 radical (unpaired) electrons. The fraction of sp³-hybridized carbons (Fsp3) is 0.333. The van der Waals surface area contributed by atoms with Crippen LogP contribution in [-0.4, -0.2) is 78.0 Å². The second-order valence-electron chi connectivity index (χ2n) is 11.6. The van der Waals surface area contributed by atoms with Crippen LogP contribution in [0.5, 0.6) is 5.75 Å². The summed E-state index contributed by atoms with van der Waals surface area (Å²) in [5.74, 6) is -1.29. The van der Waals surface area contributed by atoms with Crippen LogP contribution in [0.4, 0.5) is 10.1 Å². The van der Waals surface area contributed by atoms with Crippen LogP contribution in [0.3, 0.4) is 0 Å². The number of para-hydroxylation sites is 1. The number of benzene rings is 3. The van der Waals surface area contributed by atoms with Crippen molar-refractivity contribution in [3.05, 3.63) is 89.9 Å². The minimum Gasteiger partial charge on any atom is -0.488 e. The zero-order valence-corrected chi connectivity index (χ0v) is 26.4. The molecule has 0 aliphatic carbocycles. The Bertz CT molecular complexity index is 1820. The fourth-order valence-electron chi connectivity index (χ4n) is 5.60. The molecule has 2 heterocycles. The van der Waals surface area contributed by atoms with Crippen molar-refractivity contribution >= 4 is 38.4 Å². The lowest BCUT2D eigenvalue weighted by atomic mass is 9.99. The van der Waals surface area contributed by atoms with E-state index in [1.807, 2.05) is 49.0 Å². The first-order valence-electron chi connectivity index (χ1n) is 14.7. The molecule has 5 rings (SSSR count). The van der Waals surface area contributed by atoms with Crippen LogP contribution in [0.15, 0.2) is 77.8 Å². The van der Waals surface area contributed by atoms with Crippen molar-refractivity contribution < 1.29 is 32.2 Å². The van der Waals surface area contributed by atoms with Gasteiger partial charge in [-0.05, 0) is 61.0 Å². The Kier molecular flexibility index (Phi) is 9.28. The van der Waals surface area contributed by atoms with Gasteiger partial charge in [-0.1, -0.05) is 25.1 Å². The summed E-state index contributed by atoms with van der Waals surface area (Å²) in [6.07, 6.45) is 1.37. The molecule has 1 aliphatic rings. The lowest BCUT2D eigenvalue weighted by Gasteiger charge is -2.38. The molecule has 2 N–H and O–H groups in total. The number of aromatic nitrogens is 1. The molecule has 238 valence electrons. The van der Waals surface area contributed by atoms with Crippen LogP contribution in [0.2, 0.25) is 0 Å². The number of halogens is 1. The molecular formula is C33H37FN4O6S. The molecular weight excluding hydrogens is 599 g/mol. The molecule has 10 nitrogen and oxygen atoms in total. The topological polar surface area (TPSA) is 121 Å². The summed E-state index contributed by atoms with van der Waals surface area (Å²) >= 11 is 0. The van der Waals surface area contributed by atoms with Gasteiger partial charge in [0.1, 0.15) is 17.7 Å². The van der Waals surface area contributed by atoms with Crippen molar-refractivity contribution in [2.24, 2.45) is 13.0 Å². The van der Waals surface area contributed by atoms with E-state index in [2.05, 4.69) is 5.32 Å². The van der Waals surface area contributed by atoms with Gasteiger partial charge < -0.3 is 24.6 Å². The maximum atomic E-state index is 13.8. The lowest BCUT2D eigenvalue weighted by molar-refractivity contribution is -0.115. The third-order valence-electron chi connectivity index (χ3n) is 8.24. The number of ether oxygens (including phenoxy) is 1. The van der Waals surface area contributed by atoms with Crippen LogP contribution in [0.1, 0.15) is 29.8 Å². The summed E-state index contributed by atoms with van der Waals surface area (Å²) < 4.78 is 49.4. The number of aliphatic hydroxyl groups is 1. The summed E-state index contributed by atoms with van der Waals surface area (Å²) in [5, 5.41) is 13.8. The molecule has 4 aromatic rings. The average molecular weight is 637 g/mol. The number of carbonyl (C=O) groups is 2. The van der Waals surface area contributed by atoms with Crippen molar-refractivity contribution in [2.75, 3.05) is 32.1 Å². The molecule has 0 fully saturated rings. The van der Waals surface area contributed by atoms with E-state index in [1.165, 1.54) is 24.1 Å². The fourth-order valence-corrected chi connectivity index (χ4v) is 6.78. The Labute approximate surface area is 262 Å². The average Bonchev–Trinajstić information content (AvgIpc) is 3.33. The van der Waals surface area contributed by atoms with Crippen LogP contribution in [0.25, 0.3) is 10.9 Å². The van der Waals surface area contributed by atoms with Gasteiger partial charge in [-0.3, -0.25) is 9.59 Å². The normalized spacial score (nSPS) is 17.8. The number of anilines is 1. The maximum Gasteiger partial charge on any atom is 0.258 e. The molecule has 3 atom stereocenters. The van der Waals surface area contributed by atoms with E-state index in [4.69, 9.17) is 4.74 Å². The summed E-state index contributed by atoms with van der Waals surface area (Å²) in [6, 6.07) is 16.6. The van der Waals surface area contributed by atoms with Gasteiger partial charge in [0, 0.05) is 49.3 Å². The second-order valence-corrected chi connectivity index (χ2v) is 13.6. The molecule has 2 amide bonds. The van der Waals surface area contributed by atoms with Crippen LogP contribution in [-0.2, 0) is 28.3 Å². The molecule has 0 saturated heterocycles. The standard InChI is InChI=1S/C33H37FN4O6S/c1-21-17-38(22(2)20-39)33(41)28-16-25(35-32(40)15-23-18-36(3)29-8-6-5-7-27(23)29)11-14-30(28)44-31(21)19-37(4)45(42,43)26-12-9-24(34)10-13-26/h5-14,16,18,21-22,31,39H,15,17,19-20H2,1-4H3,(H,35,40)/t21-,22-,31-/m0/s1. The van der Waals surface area contributed by atoms with Crippen molar-refractivity contribution in [3.63, 3.8) is 0 Å². The highest BCUT2D eigenvalue weighted by Crippen LogP contribution is 2.31. The van der Waals surface area contributed by atoms with Crippen molar-refractivity contribution in [2.45, 2.75) is 37.3 Å². The number of carbonyl (C=O) groups excluding carboxylic acids is 2. The Morgan fingerprint density at radius 3 is 2.58 bits per heavy atom. The molecule has 3 aromatic carbocycles. The number of aliphatic hydroxyl groups excluding tert-OH is 1. The smallest absolute Gasteiger partial charge is 0.258 e. The SMILES string of the molecule is C[C@H]1CN([C@@H](C)CO)C(=O)c2cc(NC(=O)Cc3cn(C)c4ccccc34)ccc2O[C@H]1CN(C)S(=O)(=O)c1ccc(F)cc1. The first-order chi connectivity index (χ1) is 21.4. The van der Waals surface area contributed by atoms with Crippen molar-refractivity contribution in [1.29, 1.82) is 0 Å². The molecule has 1 aliphatic heterocycles. The number of nitrogens with zero attached hydrogens (tertiary/aromatic N) is 3. The van der Waals surface area contributed by atoms with Gasteiger partial charge in [0.05, 0.1) is 36.1 Å². The molecule has 1 aromatic heterocycles.